The van der Waals surface area contributed by atoms with Gasteiger partial charge in [0, 0.05) is 17.7 Å². The predicted octanol–water partition coefficient (Wildman–Crippen LogP) is 0.778. The molecule has 13 heavy (non-hydrogen) atoms. The van der Waals surface area contributed by atoms with Gasteiger partial charge in [0.2, 0.25) is 0 Å². The molecule has 0 aliphatic carbocycles. The molecule has 1 rings (SSSR count). The third-order valence-corrected chi connectivity index (χ3v) is 1.39. The first-order valence-corrected chi connectivity index (χ1v) is 3.99. The van der Waals surface area contributed by atoms with Gasteiger partial charge in [0.15, 0.2) is 0 Å². The fourth-order valence-electron chi connectivity index (χ4n) is 0.870. The average molecular weight is 181 g/mol. The zero-order valence-electron chi connectivity index (χ0n) is 7.53. The van der Waals surface area contributed by atoms with Crippen LogP contribution >= 0.6 is 0 Å². The van der Waals surface area contributed by atoms with E-state index < -0.39 is 5.63 Å². The van der Waals surface area contributed by atoms with Crippen LogP contribution in [0.15, 0.2) is 27.6 Å². The second-order valence-electron chi connectivity index (χ2n) is 2.97. The minimum absolute atomic E-state index is 0.0553. The minimum atomic E-state index is -0.517. The van der Waals surface area contributed by atoms with E-state index >= 15 is 0 Å². The second kappa shape index (κ2) is 3.89. The summed E-state index contributed by atoms with van der Waals surface area (Å²) in [4.78, 5) is 22.0. The van der Waals surface area contributed by atoms with Gasteiger partial charge >= 0.3 is 5.63 Å². The van der Waals surface area contributed by atoms with Gasteiger partial charge in [-0.25, -0.2) is 4.79 Å². The maximum Gasteiger partial charge on any atom is 0.336 e. The van der Waals surface area contributed by atoms with Crippen LogP contribution in [-0.4, -0.2) is 11.9 Å². The molecule has 0 atom stereocenters. The number of hydrogen-bond donors (Lipinski definition) is 1. The molecular formula is C9H11NO3. The molecule has 0 fully saturated rings. The second-order valence-corrected chi connectivity index (χ2v) is 2.97. The van der Waals surface area contributed by atoms with Crippen molar-refractivity contribution in [1.29, 1.82) is 0 Å². The molecule has 1 aromatic rings. The summed E-state index contributed by atoms with van der Waals surface area (Å²) >= 11 is 0. The van der Waals surface area contributed by atoms with E-state index in [0.29, 0.717) is 5.56 Å². The van der Waals surface area contributed by atoms with Gasteiger partial charge in [0.05, 0.1) is 6.26 Å². The van der Waals surface area contributed by atoms with Crippen LogP contribution in [0.5, 0.6) is 0 Å². The van der Waals surface area contributed by atoms with E-state index in [4.69, 9.17) is 0 Å². The largest absolute Gasteiger partial charge is 0.431 e. The van der Waals surface area contributed by atoms with E-state index in [1.807, 2.05) is 13.8 Å². The molecule has 0 aliphatic heterocycles. The van der Waals surface area contributed by atoms with Gasteiger partial charge in [0.25, 0.3) is 5.91 Å². The third kappa shape index (κ3) is 2.74. The summed E-state index contributed by atoms with van der Waals surface area (Å²) in [6.07, 6.45) is 1.21. The number of rotatable bonds is 2. The summed E-state index contributed by atoms with van der Waals surface area (Å²) in [5, 5.41) is 2.67. The molecule has 0 saturated heterocycles. The molecule has 0 aliphatic rings. The number of nitrogens with one attached hydrogen (secondary N) is 1. The molecular weight excluding hydrogens is 170 g/mol. The lowest BCUT2D eigenvalue weighted by Crippen LogP contribution is -2.30. The average Bonchev–Trinajstić information content (AvgIpc) is 2.03. The molecule has 0 saturated carbocycles. The monoisotopic (exact) mass is 181 g/mol. The van der Waals surface area contributed by atoms with Gasteiger partial charge in [-0.1, -0.05) is 0 Å². The Hall–Kier alpha value is -1.58. The molecule has 0 bridgehead atoms. The Morgan fingerprint density at radius 3 is 2.77 bits per heavy atom. The Morgan fingerprint density at radius 1 is 1.54 bits per heavy atom. The molecule has 0 aromatic carbocycles. The van der Waals surface area contributed by atoms with Crippen molar-refractivity contribution >= 4 is 5.91 Å². The van der Waals surface area contributed by atoms with Crippen LogP contribution in [0.2, 0.25) is 0 Å². The highest BCUT2D eigenvalue weighted by Gasteiger charge is 2.06. The van der Waals surface area contributed by atoms with Gasteiger partial charge in [-0.2, -0.15) is 0 Å². The molecule has 70 valence electrons. The quantitative estimate of drug-likeness (QED) is 0.733. The van der Waals surface area contributed by atoms with E-state index in [1.54, 1.807) is 0 Å². The van der Waals surface area contributed by atoms with Crippen LogP contribution in [0.3, 0.4) is 0 Å². The maximum atomic E-state index is 11.3. The van der Waals surface area contributed by atoms with E-state index in [2.05, 4.69) is 9.73 Å². The van der Waals surface area contributed by atoms with Crippen molar-refractivity contribution in [2.75, 3.05) is 0 Å². The minimum Gasteiger partial charge on any atom is -0.431 e. The Labute approximate surface area is 75.6 Å². The lowest BCUT2D eigenvalue weighted by Gasteiger charge is -2.06. The zero-order valence-corrected chi connectivity index (χ0v) is 7.53. The van der Waals surface area contributed by atoms with E-state index in [0.717, 1.165) is 6.07 Å². The van der Waals surface area contributed by atoms with Crippen molar-refractivity contribution < 1.29 is 9.21 Å². The summed E-state index contributed by atoms with van der Waals surface area (Å²) in [7, 11) is 0. The molecule has 0 radical (unpaired) electrons. The number of hydrogen-bond acceptors (Lipinski definition) is 3. The molecule has 0 unspecified atom stereocenters. The normalized spacial score (nSPS) is 10.1. The summed E-state index contributed by atoms with van der Waals surface area (Å²) in [5.41, 5.74) is -0.193. The SMILES string of the molecule is CC(C)NC(=O)c1ccoc(=O)c1. The molecule has 1 amide bonds. The summed E-state index contributed by atoms with van der Waals surface area (Å²) < 4.78 is 4.49. The highest BCUT2D eigenvalue weighted by Crippen LogP contribution is 1.94. The highest BCUT2D eigenvalue weighted by atomic mass is 16.4. The van der Waals surface area contributed by atoms with Crippen molar-refractivity contribution in [2.45, 2.75) is 19.9 Å². The van der Waals surface area contributed by atoms with Crippen LogP contribution in [0.4, 0.5) is 0 Å². The summed E-state index contributed by atoms with van der Waals surface area (Å²) in [5.74, 6) is -0.261. The fourth-order valence-corrected chi connectivity index (χ4v) is 0.870. The topological polar surface area (TPSA) is 59.3 Å². The first-order chi connectivity index (χ1) is 6.09. The Balaban J connectivity index is 2.83. The van der Waals surface area contributed by atoms with Gasteiger partial charge in [-0.05, 0) is 19.9 Å². The lowest BCUT2D eigenvalue weighted by molar-refractivity contribution is 0.0942. The van der Waals surface area contributed by atoms with E-state index in [1.165, 1.54) is 12.3 Å². The lowest BCUT2D eigenvalue weighted by atomic mass is 10.2. The van der Waals surface area contributed by atoms with Gasteiger partial charge in [-0.15, -0.1) is 0 Å². The fraction of sp³-hybridized carbons (Fsp3) is 0.333. The maximum absolute atomic E-state index is 11.3. The first-order valence-electron chi connectivity index (χ1n) is 3.99. The standard InChI is InChI=1S/C9H11NO3/c1-6(2)10-9(12)7-3-4-13-8(11)5-7/h3-6H,1-2H3,(H,10,12). The Kier molecular flexibility index (Phi) is 2.84. The van der Waals surface area contributed by atoms with Crippen molar-refractivity contribution in [3.63, 3.8) is 0 Å². The van der Waals surface area contributed by atoms with Gasteiger partial charge in [-0.3, -0.25) is 4.79 Å². The molecule has 1 N–H and O–H groups in total. The van der Waals surface area contributed by atoms with Crippen molar-refractivity contribution in [3.05, 3.63) is 34.4 Å². The molecule has 0 spiro atoms. The van der Waals surface area contributed by atoms with Crippen molar-refractivity contribution in [2.24, 2.45) is 0 Å². The van der Waals surface area contributed by atoms with E-state index in [-0.39, 0.29) is 11.9 Å². The van der Waals surface area contributed by atoms with Crippen molar-refractivity contribution in [3.8, 4) is 0 Å². The van der Waals surface area contributed by atoms with E-state index in [9.17, 15) is 9.59 Å². The van der Waals surface area contributed by atoms with Crippen LogP contribution in [0, 0.1) is 0 Å². The summed E-state index contributed by atoms with van der Waals surface area (Å²) in [6, 6.07) is 2.68. The van der Waals surface area contributed by atoms with Gasteiger partial charge in [0.1, 0.15) is 0 Å². The van der Waals surface area contributed by atoms with Crippen molar-refractivity contribution in [1.82, 2.24) is 5.32 Å². The van der Waals surface area contributed by atoms with Crippen LogP contribution in [0.1, 0.15) is 24.2 Å². The van der Waals surface area contributed by atoms with Crippen LogP contribution in [0.25, 0.3) is 0 Å². The molecule has 1 aromatic heterocycles. The Morgan fingerprint density at radius 2 is 2.23 bits per heavy atom. The van der Waals surface area contributed by atoms with Crippen LogP contribution in [-0.2, 0) is 0 Å². The summed E-state index contributed by atoms with van der Waals surface area (Å²) in [6.45, 7) is 3.70. The zero-order chi connectivity index (χ0) is 9.84. The molecule has 4 nitrogen and oxygen atoms in total. The highest BCUT2D eigenvalue weighted by molar-refractivity contribution is 5.94. The van der Waals surface area contributed by atoms with Gasteiger partial charge < -0.3 is 9.73 Å². The number of amides is 1. The number of carbonyl (C=O) groups excluding carboxylic acids is 1. The molecule has 1 heterocycles. The Bertz CT molecular complexity index is 354. The predicted molar refractivity (Wildman–Crippen MR) is 47.6 cm³/mol. The van der Waals surface area contributed by atoms with Crippen LogP contribution < -0.4 is 10.9 Å². The first kappa shape index (κ1) is 9.51. The third-order valence-electron chi connectivity index (χ3n) is 1.39. The number of carbonyl (C=O) groups is 1. The smallest absolute Gasteiger partial charge is 0.336 e. The molecule has 4 heteroatoms.